The first kappa shape index (κ1) is 31.1. The summed E-state index contributed by atoms with van der Waals surface area (Å²) in [6.45, 7) is 1.97. The van der Waals surface area contributed by atoms with Crippen molar-refractivity contribution >= 4 is 29.5 Å². The van der Waals surface area contributed by atoms with Crippen LogP contribution in [0.25, 0.3) is 23.0 Å². The molecule has 0 spiro atoms. The van der Waals surface area contributed by atoms with Crippen molar-refractivity contribution in [2.45, 2.75) is 20.1 Å². The minimum atomic E-state index is -0.631. The van der Waals surface area contributed by atoms with Gasteiger partial charge in [-0.15, -0.1) is 0 Å². The minimum absolute atomic E-state index is 0.000594. The molecule has 0 bridgehead atoms. The fourth-order valence-electron chi connectivity index (χ4n) is 5.25. The van der Waals surface area contributed by atoms with Gasteiger partial charge in [0, 0.05) is 27.9 Å². The average molecular weight is 641 g/mol. The molecule has 1 aliphatic heterocycles. The van der Waals surface area contributed by atoms with E-state index in [-0.39, 0.29) is 17.7 Å². The highest BCUT2D eigenvalue weighted by molar-refractivity contribution is 6.30. The highest BCUT2D eigenvalue weighted by atomic mass is 35.5. The molecule has 0 aliphatic carbocycles. The largest absolute Gasteiger partial charge is 0.497 e. The lowest BCUT2D eigenvalue weighted by Gasteiger charge is -2.27. The predicted octanol–water partition coefficient (Wildman–Crippen LogP) is 7.57. The van der Waals surface area contributed by atoms with E-state index in [4.69, 9.17) is 26.2 Å². The van der Waals surface area contributed by atoms with E-state index in [1.165, 1.54) is 0 Å². The number of nitrogens with zero attached hydrogens (tertiary/aromatic N) is 4. The quantitative estimate of drug-likeness (QED) is 0.122. The second kappa shape index (κ2) is 13.6. The summed E-state index contributed by atoms with van der Waals surface area (Å²) in [4.78, 5) is 28.4. The van der Waals surface area contributed by atoms with Crippen LogP contribution in [0.5, 0.6) is 11.5 Å². The van der Waals surface area contributed by atoms with E-state index < -0.39 is 11.8 Å². The minimum Gasteiger partial charge on any atom is -0.497 e. The number of carbonyl (C=O) groups excluding carboxylic acids is 2. The second-order valence-corrected chi connectivity index (χ2v) is 11.3. The summed E-state index contributed by atoms with van der Waals surface area (Å²) in [6, 6.07) is 33.7. The fraction of sp³-hybridized carbons (Fsp3) is 0.105. The molecule has 1 aromatic heterocycles. The molecule has 2 amide bonds. The van der Waals surface area contributed by atoms with Crippen molar-refractivity contribution in [1.82, 2.24) is 14.7 Å². The van der Waals surface area contributed by atoms with E-state index in [0.717, 1.165) is 27.3 Å². The molecule has 0 unspecified atom stereocenters. The van der Waals surface area contributed by atoms with Gasteiger partial charge < -0.3 is 9.47 Å². The first-order chi connectivity index (χ1) is 22.8. The normalized spacial score (nSPS) is 14.0. The molecular weight excluding hydrogens is 612 g/mol. The molecule has 1 aliphatic rings. The van der Waals surface area contributed by atoms with Gasteiger partial charge in [-0.1, -0.05) is 66.2 Å². The maximum absolute atomic E-state index is 14.0. The number of aromatic nitrogens is 2. The summed E-state index contributed by atoms with van der Waals surface area (Å²) >= 11 is 6.03. The summed E-state index contributed by atoms with van der Waals surface area (Å²) in [6.07, 6.45) is 3.53. The molecule has 0 radical (unpaired) electrons. The molecule has 9 heteroatoms. The lowest BCUT2D eigenvalue weighted by molar-refractivity contribution is -0.141. The zero-order valence-electron chi connectivity index (χ0n) is 25.7. The smallest absolute Gasteiger partial charge is 0.271 e. The second-order valence-electron chi connectivity index (χ2n) is 10.9. The number of para-hydroxylation sites is 1. The van der Waals surface area contributed by atoms with E-state index in [1.807, 2.05) is 91.1 Å². The molecule has 0 saturated heterocycles. The third kappa shape index (κ3) is 6.71. The summed E-state index contributed by atoms with van der Waals surface area (Å²) in [5, 5.41) is 15.5. The van der Waals surface area contributed by atoms with Crippen LogP contribution in [0.4, 0.5) is 0 Å². The van der Waals surface area contributed by atoms with Crippen LogP contribution in [0, 0.1) is 11.3 Å². The Balaban J connectivity index is 1.40. The van der Waals surface area contributed by atoms with Crippen LogP contribution in [0.3, 0.4) is 0 Å². The van der Waals surface area contributed by atoms with Gasteiger partial charge in [0.2, 0.25) is 0 Å². The standard InChI is InChI=1S/C38H29ClN4O4/c1-25-34(37(44)42(38(45)35(25)21-40)22-26-13-17-32(46-2)18-14-26)20-29-23-43(31-8-4-3-5-9-31)41-36(29)28-7-6-10-33(19-28)47-24-27-11-15-30(39)16-12-27/h3-20,23H,22,24H2,1-2H3/b34-20+. The van der Waals surface area contributed by atoms with Gasteiger partial charge in [0.05, 0.1) is 19.3 Å². The zero-order valence-corrected chi connectivity index (χ0v) is 26.4. The molecule has 0 N–H and O–H groups in total. The molecule has 47 heavy (non-hydrogen) atoms. The van der Waals surface area contributed by atoms with Crippen LogP contribution in [-0.4, -0.2) is 33.6 Å². The number of carbonyl (C=O) groups is 2. The average Bonchev–Trinajstić information content (AvgIpc) is 3.53. The van der Waals surface area contributed by atoms with Gasteiger partial charge in [0.25, 0.3) is 11.8 Å². The Morgan fingerprint density at radius 3 is 2.30 bits per heavy atom. The van der Waals surface area contributed by atoms with Crippen molar-refractivity contribution in [2.75, 3.05) is 7.11 Å². The fourth-order valence-corrected chi connectivity index (χ4v) is 5.38. The number of benzene rings is 4. The van der Waals surface area contributed by atoms with Crippen molar-refractivity contribution < 1.29 is 19.1 Å². The highest BCUT2D eigenvalue weighted by Crippen LogP contribution is 2.33. The highest BCUT2D eigenvalue weighted by Gasteiger charge is 2.35. The van der Waals surface area contributed by atoms with Crippen molar-refractivity contribution in [3.8, 4) is 34.5 Å². The molecule has 5 aromatic rings. The van der Waals surface area contributed by atoms with Gasteiger partial charge in [-0.05, 0) is 78.2 Å². The van der Waals surface area contributed by atoms with Crippen LogP contribution in [-0.2, 0) is 22.7 Å². The van der Waals surface area contributed by atoms with E-state index in [2.05, 4.69) is 0 Å². The number of ether oxygens (including phenoxy) is 2. The number of methoxy groups -OCH3 is 1. The molecule has 6 rings (SSSR count). The Labute approximate surface area is 277 Å². The van der Waals surface area contributed by atoms with Crippen LogP contribution < -0.4 is 9.47 Å². The van der Waals surface area contributed by atoms with E-state index in [0.29, 0.717) is 40.0 Å². The number of imide groups is 1. The Kier molecular flexibility index (Phi) is 9.00. The number of nitriles is 1. The van der Waals surface area contributed by atoms with Crippen LogP contribution in [0.1, 0.15) is 23.6 Å². The van der Waals surface area contributed by atoms with Gasteiger partial charge >= 0.3 is 0 Å². The summed E-state index contributed by atoms with van der Waals surface area (Å²) < 4.78 is 13.1. The van der Waals surface area contributed by atoms with Crippen LogP contribution in [0.15, 0.2) is 126 Å². The Morgan fingerprint density at radius 2 is 1.60 bits per heavy atom. The first-order valence-electron chi connectivity index (χ1n) is 14.8. The Hall–Kier alpha value is -5.91. The summed E-state index contributed by atoms with van der Waals surface area (Å²) in [5.74, 6) is 0.161. The Bertz CT molecular complexity index is 2060. The van der Waals surface area contributed by atoms with E-state index in [1.54, 1.807) is 49.1 Å². The van der Waals surface area contributed by atoms with Gasteiger partial charge in [-0.3, -0.25) is 14.5 Å². The van der Waals surface area contributed by atoms with Gasteiger partial charge in [-0.2, -0.15) is 10.4 Å². The lowest BCUT2D eigenvalue weighted by Crippen LogP contribution is -2.42. The third-order valence-corrected chi connectivity index (χ3v) is 8.07. The molecular formula is C38H29ClN4O4. The zero-order chi connectivity index (χ0) is 32.9. The molecule has 232 valence electrons. The van der Waals surface area contributed by atoms with E-state index >= 15 is 0 Å². The van der Waals surface area contributed by atoms with Crippen molar-refractivity contribution in [3.05, 3.63) is 148 Å². The number of hydrogen-bond acceptors (Lipinski definition) is 6. The monoisotopic (exact) mass is 640 g/mol. The first-order valence-corrected chi connectivity index (χ1v) is 15.2. The summed E-state index contributed by atoms with van der Waals surface area (Å²) in [5.41, 5.74) is 4.96. The molecule has 0 fully saturated rings. The molecule has 0 saturated carbocycles. The summed E-state index contributed by atoms with van der Waals surface area (Å²) in [7, 11) is 1.56. The van der Waals surface area contributed by atoms with Crippen LogP contribution in [0.2, 0.25) is 5.02 Å². The lowest BCUT2D eigenvalue weighted by atomic mass is 9.93. The van der Waals surface area contributed by atoms with Crippen molar-refractivity contribution in [2.24, 2.45) is 0 Å². The third-order valence-electron chi connectivity index (χ3n) is 7.81. The van der Waals surface area contributed by atoms with Gasteiger partial charge in [-0.25, -0.2) is 4.68 Å². The molecule has 2 heterocycles. The van der Waals surface area contributed by atoms with Crippen molar-refractivity contribution in [3.63, 3.8) is 0 Å². The van der Waals surface area contributed by atoms with Gasteiger partial charge in [0.15, 0.2) is 0 Å². The maximum atomic E-state index is 14.0. The number of hydrogen-bond donors (Lipinski definition) is 0. The molecule has 8 nitrogen and oxygen atoms in total. The molecule has 4 aromatic carbocycles. The van der Waals surface area contributed by atoms with E-state index in [9.17, 15) is 14.9 Å². The maximum Gasteiger partial charge on any atom is 0.271 e. The number of amides is 2. The number of rotatable bonds is 9. The number of halogens is 1. The van der Waals surface area contributed by atoms with Crippen molar-refractivity contribution in [1.29, 1.82) is 5.26 Å². The molecule has 0 atom stereocenters. The topological polar surface area (TPSA) is 97.5 Å². The van der Waals surface area contributed by atoms with Gasteiger partial charge in [0.1, 0.15) is 35.4 Å². The Morgan fingerprint density at radius 1 is 0.872 bits per heavy atom. The van der Waals surface area contributed by atoms with Crippen LogP contribution >= 0.6 is 11.6 Å². The SMILES string of the molecule is COc1ccc(CN2C(=O)C(C#N)=C(C)/C(=C\c3cn(-c4ccccc4)nc3-c3cccc(OCc4ccc(Cl)cc4)c3)C2=O)cc1. The predicted molar refractivity (Wildman–Crippen MR) is 180 cm³/mol.